The van der Waals surface area contributed by atoms with E-state index in [2.05, 4.69) is 20.8 Å². The first-order chi connectivity index (χ1) is 14.6. The molecule has 4 rings (SSSR count). The highest BCUT2D eigenvalue weighted by Crippen LogP contribution is 2.24. The number of halogens is 1. The van der Waals surface area contributed by atoms with Crippen LogP contribution in [0.4, 0.5) is 11.4 Å². The first-order valence-electron chi connectivity index (χ1n) is 9.13. The van der Waals surface area contributed by atoms with Crippen molar-refractivity contribution in [3.05, 3.63) is 95.1 Å². The number of nitrogens with one attached hydrogen (secondary N) is 2. The lowest BCUT2D eigenvalue weighted by molar-refractivity contribution is 0.0963. The number of phenolic OH excluding ortho intramolecular Hbond substituents is 1. The Labute approximate surface area is 177 Å². The molecule has 4 aromatic rings. The van der Waals surface area contributed by atoms with Gasteiger partial charge in [0.2, 0.25) is 0 Å². The number of rotatable bonds is 5. The number of aromatic hydroxyl groups is 1. The van der Waals surface area contributed by atoms with Crippen molar-refractivity contribution in [3.63, 3.8) is 0 Å². The monoisotopic (exact) mass is 416 g/mol. The molecule has 0 saturated carbocycles. The summed E-state index contributed by atoms with van der Waals surface area (Å²) >= 11 is 6.02. The molecule has 0 aliphatic heterocycles. The van der Waals surface area contributed by atoms with Crippen molar-refractivity contribution in [2.24, 2.45) is 4.99 Å². The van der Waals surface area contributed by atoms with Crippen LogP contribution in [0, 0.1) is 0 Å². The number of hydrogen-bond acceptors (Lipinski definition) is 5. The van der Waals surface area contributed by atoms with Gasteiger partial charge in [-0.3, -0.25) is 25.6 Å². The average Bonchev–Trinajstić information content (AvgIpc) is 2.77. The fourth-order valence-electron chi connectivity index (χ4n) is 2.90. The normalized spacial score (nSPS) is 11.0. The first-order valence-corrected chi connectivity index (χ1v) is 9.51. The summed E-state index contributed by atoms with van der Waals surface area (Å²) in [5.41, 5.74) is 8.84. The van der Waals surface area contributed by atoms with Gasteiger partial charge in [0, 0.05) is 22.8 Å². The Morgan fingerprint density at radius 3 is 2.67 bits per heavy atom. The number of benzene rings is 3. The number of pyridine rings is 1. The van der Waals surface area contributed by atoms with E-state index in [1.807, 2.05) is 12.1 Å². The molecule has 148 valence electrons. The van der Waals surface area contributed by atoms with Crippen LogP contribution < -0.4 is 10.9 Å². The fraction of sp³-hybridized carbons (Fsp3) is 0. The minimum atomic E-state index is -0.326. The number of hydrazine groups is 1. The van der Waals surface area contributed by atoms with E-state index in [0.717, 1.165) is 16.5 Å². The molecule has 0 unspecified atom stereocenters. The SMILES string of the molecule is O=C(NNc1ccnc2cc(Cl)ccc12)c1ccccc1N=Cc1ccc(O)cc1. The number of aliphatic imine (C=N–C) groups is 1. The van der Waals surface area contributed by atoms with Crippen LogP contribution in [0.3, 0.4) is 0 Å². The van der Waals surface area contributed by atoms with Gasteiger partial charge in [-0.25, -0.2) is 0 Å². The van der Waals surface area contributed by atoms with Crippen molar-refractivity contribution < 1.29 is 9.90 Å². The lowest BCUT2D eigenvalue weighted by Crippen LogP contribution is -2.29. The Bertz CT molecular complexity index is 1240. The number of nitrogens with zero attached hydrogens (tertiary/aromatic N) is 2. The van der Waals surface area contributed by atoms with Crippen LogP contribution in [-0.4, -0.2) is 22.2 Å². The molecular formula is C23H17ClN4O2. The Balaban J connectivity index is 1.53. The minimum absolute atomic E-state index is 0.184. The highest BCUT2D eigenvalue weighted by molar-refractivity contribution is 6.31. The van der Waals surface area contributed by atoms with E-state index in [9.17, 15) is 9.90 Å². The van der Waals surface area contributed by atoms with E-state index < -0.39 is 0 Å². The summed E-state index contributed by atoms with van der Waals surface area (Å²) in [5, 5.41) is 10.8. The molecule has 7 heteroatoms. The molecule has 0 aliphatic rings. The number of amides is 1. The van der Waals surface area contributed by atoms with Crippen molar-refractivity contribution in [1.82, 2.24) is 10.4 Å². The van der Waals surface area contributed by atoms with Gasteiger partial charge in [0.25, 0.3) is 5.91 Å². The second-order valence-electron chi connectivity index (χ2n) is 6.47. The lowest BCUT2D eigenvalue weighted by Gasteiger charge is -2.12. The van der Waals surface area contributed by atoms with Crippen molar-refractivity contribution in [3.8, 4) is 5.75 Å². The average molecular weight is 417 g/mol. The van der Waals surface area contributed by atoms with Crippen LogP contribution in [0.2, 0.25) is 5.02 Å². The molecule has 3 N–H and O–H groups in total. The Hall–Kier alpha value is -3.90. The van der Waals surface area contributed by atoms with E-state index in [0.29, 0.717) is 22.0 Å². The van der Waals surface area contributed by atoms with Crippen LogP contribution in [0.25, 0.3) is 10.9 Å². The third-order valence-electron chi connectivity index (χ3n) is 4.41. The van der Waals surface area contributed by atoms with Crippen LogP contribution in [0.1, 0.15) is 15.9 Å². The van der Waals surface area contributed by atoms with Crippen molar-refractivity contribution >= 4 is 46.0 Å². The zero-order valence-electron chi connectivity index (χ0n) is 15.7. The standard InChI is InChI=1S/C23H17ClN4O2/c24-16-7-10-18-21(11-12-25-22(18)13-16)27-28-23(30)19-3-1-2-4-20(19)26-14-15-5-8-17(29)9-6-15/h1-14,29H,(H,25,27)(H,28,30). The van der Waals surface area contributed by atoms with Gasteiger partial charge >= 0.3 is 0 Å². The Morgan fingerprint density at radius 2 is 1.83 bits per heavy atom. The molecule has 1 amide bonds. The van der Waals surface area contributed by atoms with Gasteiger partial charge in [-0.2, -0.15) is 0 Å². The number of anilines is 1. The molecule has 0 radical (unpaired) electrons. The molecule has 30 heavy (non-hydrogen) atoms. The number of carbonyl (C=O) groups is 1. The predicted octanol–water partition coefficient (Wildman–Crippen LogP) is 5.10. The molecule has 0 fully saturated rings. The third kappa shape index (κ3) is 4.39. The molecule has 3 aromatic carbocycles. The summed E-state index contributed by atoms with van der Waals surface area (Å²) in [5.74, 6) is -0.142. The van der Waals surface area contributed by atoms with Crippen molar-refractivity contribution in [2.45, 2.75) is 0 Å². The molecule has 0 bridgehead atoms. The number of aromatic nitrogens is 1. The Morgan fingerprint density at radius 1 is 1.03 bits per heavy atom. The fourth-order valence-corrected chi connectivity index (χ4v) is 3.07. The zero-order valence-corrected chi connectivity index (χ0v) is 16.5. The highest BCUT2D eigenvalue weighted by atomic mass is 35.5. The predicted molar refractivity (Wildman–Crippen MR) is 120 cm³/mol. The number of carbonyl (C=O) groups excluding carboxylic acids is 1. The first kappa shape index (κ1) is 19.4. The van der Waals surface area contributed by atoms with Gasteiger partial charge in [-0.1, -0.05) is 23.7 Å². The smallest absolute Gasteiger partial charge is 0.271 e. The third-order valence-corrected chi connectivity index (χ3v) is 4.65. The molecule has 1 aromatic heterocycles. The molecule has 1 heterocycles. The van der Waals surface area contributed by atoms with E-state index in [1.54, 1.807) is 73.1 Å². The second kappa shape index (κ2) is 8.63. The summed E-state index contributed by atoms with van der Waals surface area (Å²) < 4.78 is 0. The van der Waals surface area contributed by atoms with Gasteiger partial charge in [-0.05, 0) is 66.2 Å². The van der Waals surface area contributed by atoms with Gasteiger partial charge in [0.05, 0.1) is 22.5 Å². The number of para-hydroxylation sites is 1. The maximum Gasteiger partial charge on any atom is 0.271 e. The van der Waals surface area contributed by atoms with Crippen LogP contribution in [0.15, 0.2) is 84.0 Å². The highest BCUT2D eigenvalue weighted by Gasteiger charge is 2.11. The van der Waals surface area contributed by atoms with E-state index >= 15 is 0 Å². The van der Waals surface area contributed by atoms with Crippen LogP contribution in [-0.2, 0) is 0 Å². The van der Waals surface area contributed by atoms with Gasteiger partial charge in [0.1, 0.15) is 5.75 Å². The van der Waals surface area contributed by atoms with Gasteiger partial charge < -0.3 is 5.11 Å². The van der Waals surface area contributed by atoms with Crippen molar-refractivity contribution in [2.75, 3.05) is 5.43 Å². The topological polar surface area (TPSA) is 86.6 Å². The van der Waals surface area contributed by atoms with Gasteiger partial charge in [-0.15, -0.1) is 0 Å². The number of phenols is 1. The molecule has 0 saturated heterocycles. The summed E-state index contributed by atoms with van der Waals surface area (Å²) in [6, 6.07) is 20.8. The second-order valence-corrected chi connectivity index (χ2v) is 6.90. The largest absolute Gasteiger partial charge is 0.508 e. The summed E-state index contributed by atoms with van der Waals surface area (Å²) in [7, 11) is 0. The summed E-state index contributed by atoms with van der Waals surface area (Å²) in [6.45, 7) is 0. The van der Waals surface area contributed by atoms with Gasteiger partial charge in [0.15, 0.2) is 0 Å². The molecule has 0 spiro atoms. The van der Waals surface area contributed by atoms with Crippen molar-refractivity contribution in [1.29, 1.82) is 0 Å². The van der Waals surface area contributed by atoms with E-state index in [4.69, 9.17) is 11.6 Å². The number of fused-ring (bicyclic) bond motifs is 1. The van der Waals surface area contributed by atoms with Crippen LogP contribution >= 0.6 is 11.6 Å². The molecule has 0 aliphatic carbocycles. The Kier molecular flexibility index (Phi) is 5.59. The molecular weight excluding hydrogens is 400 g/mol. The summed E-state index contributed by atoms with van der Waals surface area (Å²) in [6.07, 6.45) is 3.28. The lowest BCUT2D eigenvalue weighted by atomic mass is 10.1. The molecule has 0 atom stereocenters. The number of hydrogen-bond donors (Lipinski definition) is 3. The maximum absolute atomic E-state index is 12.8. The maximum atomic E-state index is 12.8. The molecule has 6 nitrogen and oxygen atoms in total. The summed E-state index contributed by atoms with van der Waals surface area (Å²) in [4.78, 5) is 21.5. The minimum Gasteiger partial charge on any atom is -0.508 e. The van der Waals surface area contributed by atoms with E-state index in [-0.39, 0.29) is 11.7 Å². The van der Waals surface area contributed by atoms with Crippen LogP contribution in [0.5, 0.6) is 5.75 Å². The van der Waals surface area contributed by atoms with E-state index in [1.165, 1.54) is 0 Å². The quantitative estimate of drug-likeness (QED) is 0.312. The zero-order chi connectivity index (χ0) is 20.9.